The first kappa shape index (κ1) is 17.6. The summed E-state index contributed by atoms with van der Waals surface area (Å²) in [5, 5.41) is 11.6. The Balaban J connectivity index is 1.76. The molecule has 0 aliphatic rings. The Morgan fingerprint density at radius 1 is 1.31 bits per heavy atom. The molecule has 9 heteroatoms. The summed E-state index contributed by atoms with van der Waals surface area (Å²) in [5.74, 6) is -0.257. The molecule has 1 N–H and O–H groups in total. The van der Waals surface area contributed by atoms with E-state index in [0.29, 0.717) is 17.0 Å². The Hall–Kier alpha value is -3.23. The van der Waals surface area contributed by atoms with Crippen LogP contribution < -0.4 is 5.32 Å². The molecular weight excluding hydrogens is 336 g/mol. The first-order valence-electron chi connectivity index (χ1n) is 8.14. The molecule has 3 aromatic heterocycles. The van der Waals surface area contributed by atoms with E-state index in [2.05, 4.69) is 20.6 Å². The van der Waals surface area contributed by atoms with Gasteiger partial charge in [-0.1, -0.05) is 19.0 Å². The molecule has 0 saturated carbocycles. The molecular formula is C17H20N6O3. The molecule has 0 fully saturated rings. The summed E-state index contributed by atoms with van der Waals surface area (Å²) in [6.45, 7) is 4.09. The number of carbonyl (C=O) groups excluding carboxylic acids is 2. The van der Waals surface area contributed by atoms with Gasteiger partial charge in [-0.05, 0) is 12.0 Å². The normalized spacial score (nSPS) is 11.1. The van der Waals surface area contributed by atoms with Crippen LogP contribution in [0.5, 0.6) is 0 Å². The molecule has 3 heterocycles. The summed E-state index contributed by atoms with van der Waals surface area (Å²) in [7, 11) is 3.35. The molecule has 136 valence electrons. The molecule has 0 saturated heterocycles. The van der Waals surface area contributed by atoms with Crippen LogP contribution in [0.4, 0.5) is 5.69 Å². The molecule has 2 amide bonds. The third-order valence-electron chi connectivity index (χ3n) is 3.85. The maximum atomic E-state index is 12.5. The Kier molecular flexibility index (Phi) is 4.70. The molecule has 0 radical (unpaired) electrons. The number of amides is 2. The molecule has 26 heavy (non-hydrogen) atoms. The molecule has 0 atom stereocenters. The average Bonchev–Trinajstić information content (AvgIpc) is 3.20. The van der Waals surface area contributed by atoms with E-state index in [-0.39, 0.29) is 24.3 Å². The van der Waals surface area contributed by atoms with Crippen LogP contribution in [0.25, 0.3) is 11.1 Å². The van der Waals surface area contributed by atoms with Crippen molar-refractivity contribution in [2.24, 2.45) is 0 Å². The summed E-state index contributed by atoms with van der Waals surface area (Å²) in [6, 6.07) is 1.71. The summed E-state index contributed by atoms with van der Waals surface area (Å²) in [6.07, 6.45) is 4.53. The monoisotopic (exact) mass is 356 g/mol. The zero-order valence-electron chi connectivity index (χ0n) is 15.1. The van der Waals surface area contributed by atoms with Crippen molar-refractivity contribution >= 4 is 28.6 Å². The number of nitrogens with zero attached hydrogens (tertiary/aromatic N) is 5. The number of pyridine rings is 1. The van der Waals surface area contributed by atoms with Crippen LogP contribution in [0.15, 0.2) is 29.2 Å². The fourth-order valence-electron chi connectivity index (χ4n) is 2.39. The summed E-state index contributed by atoms with van der Waals surface area (Å²) in [4.78, 5) is 29.8. The van der Waals surface area contributed by atoms with Crippen molar-refractivity contribution in [3.8, 4) is 0 Å². The number of carbonyl (C=O) groups is 2. The molecule has 3 rings (SSSR count). The van der Waals surface area contributed by atoms with Gasteiger partial charge < -0.3 is 14.7 Å². The van der Waals surface area contributed by atoms with Crippen molar-refractivity contribution in [1.29, 1.82) is 0 Å². The first-order chi connectivity index (χ1) is 12.3. The Labute approximate surface area is 150 Å². The fraction of sp³-hybridized carbons (Fsp3) is 0.353. The smallest absolute Gasteiger partial charge is 0.257 e. The number of aromatic nitrogens is 4. The predicted molar refractivity (Wildman–Crippen MR) is 94.8 cm³/mol. The van der Waals surface area contributed by atoms with E-state index >= 15 is 0 Å². The van der Waals surface area contributed by atoms with Gasteiger partial charge >= 0.3 is 0 Å². The van der Waals surface area contributed by atoms with Gasteiger partial charge in [0.15, 0.2) is 0 Å². The third kappa shape index (κ3) is 3.56. The highest BCUT2D eigenvalue weighted by Crippen LogP contribution is 2.24. The maximum absolute atomic E-state index is 12.5. The van der Waals surface area contributed by atoms with E-state index in [9.17, 15) is 9.59 Å². The highest BCUT2D eigenvalue weighted by molar-refractivity contribution is 6.05. The van der Waals surface area contributed by atoms with Crippen LogP contribution >= 0.6 is 0 Å². The van der Waals surface area contributed by atoms with Crippen molar-refractivity contribution in [1.82, 2.24) is 24.8 Å². The Morgan fingerprint density at radius 2 is 2.08 bits per heavy atom. The Morgan fingerprint density at radius 3 is 2.77 bits per heavy atom. The van der Waals surface area contributed by atoms with E-state index in [1.807, 2.05) is 13.8 Å². The lowest BCUT2D eigenvalue weighted by atomic mass is 10.1. The molecule has 0 aliphatic carbocycles. The van der Waals surface area contributed by atoms with E-state index in [0.717, 1.165) is 11.1 Å². The SMILES string of the molecule is CC(C)c1noc2ncc(C(=O)Nc3cnn(CC(=O)N(C)C)c3)cc12. The van der Waals surface area contributed by atoms with Gasteiger partial charge in [0.2, 0.25) is 5.91 Å². The largest absolute Gasteiger partial charge is 0.347 e. The minimum absolute atomic E-state index is 0.0886. The number of nitrogens with one attached hydrogen (secondary N) is 1. The molecule has 0 spiro atoms. The van der Waals surface area contributed by atoms with Gasteiger partial charge in [-0.3, -0.25) is 14.3 Å². The van der Waals surface area contributed by atoms with Gasteiger partial charge in [0.05, 0.1) is 28.5 Å². The van der Waals surface area contributed by atoms with Gasteiger partial charge in [-0.15, -0.1) is 0 Å². The molecule has 0 bridgehead atoms. The molecule has 9 nitrogen and oxygen atoms in total. The minimum Gasteiger partial charge on any atom is -0.347 e. The quantitative estimate of drug-likeness (QED) is 0.748. The molecule has 0 unspecified atom stereocenters. The van der Waals surface area contributed by atoms with Crippen LogP contribution in [0, 0.1) is 0 Å². The van der Waals surface area contributed by atoms with Gasteiger partial charge in [0.25, 0.3) is 11.6 Å². The van der Waals surface area contributed by atoms with E-state index < -0.39 is 0 Å². The van der Waals surface area contributed by atoms with Gasteiger partial charge in [-0.25, -0.2) is 4.98 Å². The number of hydrogen-bond donors (Lipinski definition) is 1. The molecule has 3 aromatic rings. The predicted octanol–water partition coefficient (Wildman–Crippen LogP) is 1.88. The van der Waals surface area contributed by atoms with Crippen molar-refractivity contribution in [3.05, 3.63) is 35.9 Å². The lowest BCUT2D eigenvalue weighted by Gasteiger charge is -2.09. The highest BCUT2D eigenvalue weighted by atomic mass is 16.5. The van der Waals surface area contributed by atoms with Crippen LogP contribution in [0.1, 0.15) is 35.8 Å². The van der Waals surface area contributed by atoms with E-state index in [1.54, 1.807) is 26.4 Å². The zero-order valence-corrected chi connectivity index (χ0v) is 15.1. The fourth-order valence-corrected chi connectivity index (χ4v) is 2.39. The van der Waals surface area contributed by atoms with Crippen LogP contribution in [0.3, 0.4) is 0 Å². The van der Waals surface area contributed by atoms with E-state index in [4.69, 9.17) is 4.52 Å². The minimum atomic E-state index is -0.325. The van der Waals surface area contributed by atoms with Crippen molar-refractivity contribution < 1.29 is 14.1 Å². The summed E-state index contributed by atoms with van der Waals surface area (Å²) >= 11 is 0. The number of anilines is 1. The van der Waals surface area contributed by atoms with Gasteiger partial charge in [-0.2, -0.15) is 5.10 Å². The second-order valence-corrected chi connectivity index (χ2v) is 6.47. The van der Waals surface area contributed by atoms with Crippen LogP contribution in [-0.2, 0) is 11.3 Å². The summed E-state index contributed by atoms with van der Waals surface area (Å²) in [5.41, 5.74) is 2.05. The van der Waals surface area contributed by atoms with Gasteiger partial charge in [0, 0.05) is 26.5 Å². The third-order valence-corrected chi connectivity index (χ3v) is 3.85. The van der Waals surface area contributed by atoms with E-state index in [1.165, 1.54) is 22.0 Å². The van der Waals surface area contributed by atoms with Crippen LogP contribution in [0.2, 0.25) is 0 Å². The lowest BCUT2D eigenvalue weighted by Crippen LogP contribution is -2.26. The average molecular weight is 356 g/mol. The topological polar surface area (TPSA) is 106 Å². The highest BCUT2D eigenvalue weighted by Gasteiger charge is 2.16. The number of likely N-dealkylation sites (N-methyl/N-ethyl adjacent to an activating group) is 1. The standard InChI is InChI=1S/C17H20N6O3/c1-10(2)15-13-5-11(6-18-17(13)26-21-15)16(25)20-12-7-19-23(8-12)9-14(24)22(3)4/h5-8,10H,9H2,1-4H3,(H,20,25). The number of fused-ring (bicyclic) bond motifs is 1. The van der Waals surface area contributed by atoms with Gasteiger partial charge in [0.1, 0.15) is 6.54 Å². The number of hydrogen-bond acceptors (Lipinski definition) is 6. The second-order valence-electron chi connectivity index (χ2n) is 6.47. The van der Waals surface area contributed by atoms with Crippen LogP contribution in [-0.4, -0.2) is 50.7 Å². The molecule has 0 aromatic carbocycles. The zero-order chi connectivity index (χ0) is 18.8. The summed E-state index contributed by atoms with van der Waals surface area (Å²) < 4.78 is 6.65. The first-order valence-corrected chi connectivity index (χ1v) is 8.14. The van der Waals surface area contributed by atoms with Crippen molar-refractivity contribution in [2.45, 2.75) is 26.3 Å². The van der Waals surface area contributed by atoms with Crippen molar-refractivity contribution in [3.63, 3.8) is 0 Å². The lowest BCUT2D eigenvalue weighted by molar-refractivity contribution is -0.129. The molecule has 0 aliphatic heterocycles. The Bertz CT molecular complexity index is 956. The number of rotatable bonds is 5. The maximum Gasteiger partial charge on any atom is 0.257 e. The second kappa shape index (κ2) is 6.95. The van der Waals surface area contributed by atoms with Crippen molar-refractivity contribution in [2.75, 3.05) is 19.4 Å².